The van der Waals surface area contributed by atoms with Gasteiger partial charge in [-0.25, -0.2) is 0 Å². The van der Waals surface area contributed by atoms with Gasteiger partial charge in [-0.2, -0.15) is 0 Å². The maximum atomic E-state index is 12.1. The van der Waals surface area contributed by atoms with Crippen molar-refractivity contribution in [3.05, 3.63) is 23.8 Å². The number of piperazine rings is 1. The summed E-state index contributed by atoms with van der Waals surface area (Å²) in [5.74, 6) is 0.871. The molecule has 0 saturated carbocycles. The van der Waals surface area contributed by atoms with E-state index in [1.54, 1.807) is 0 Å². The first-order valence-corrected chi connectivity index (χ1v) is 6.56. The van der Waals surface area contributed by atoms with E-state index in [1.807, 2.05) is 12.1 Å². The van der Waals surface area contributed by atoms with Crippen LogP contribution >= 0.6 is 0 Å². The van der Waals surface area contributed by atoms with E-state index in [1.165, 1.54) is 5.56 Å². The van der Waals surface area contributed by atoms with E-state index in [0.29, 0.717) is 13.0 Å². The molecule has 1 saturated heterocycles. The third-order valence-corrected chi connectivity index (χ3v) is 3.11. The number of hydrogen-bond donors (Lipinski definition) is 1. The Morgan fingerprint density at radius 1 is 1.33 bits per heavy atom. The van der Waals surface area contributed by atoms with Crippen LogP contribution in [0.4, 0.5) is 10.1 Å². The summed E-state index contributed by atoms with van der Waals surface area (Å²) < 4.78 is 17.8. The zero-order valence-corrected chi connectivity index (χ0v) is 10.9. The molecule has 1 aliphatic heterocycles. The highest BCUT2D eigenvalue weighted by molar-refractivity contribution is 5.60. The Kier molecular flexibility index (Phi) is 4.81. The van der Waals surface area contributed by atoms with Gasteiger partial charge in [0.15, 0.2) is 0 Å². The van der Waals surface area contributed by atoms with Crippen molar-refractivity contribution in [1.29, 1.82) is 0 Å². The van der Waals surface area contributed by atoms with E-state index >= 15 is 0 Å². The highest BCUT2D eigenvalue weighted by Gasteiger charge is 2.15. The predicted octanol–water partition coefficient (Wildman–Crippen LogP) is 2.14. The minimum absolute atomic E-state index is 0.325. The molecule has 100 valence electrons. The van der Waals surface area contributed by atoms with Gasteiger partial charge in [-0.15, -0.1) is 0 Å². The molecule has 1 heterocycles. The van der Waals surface area contributed by atoms with Crippen molar-refractivity contribution in [2.24, 2.45) is 0 Å². The topological polar surface area (TPSA) is 24.5 Å². The molecule has 0 atom stereocenters. The zero-order valence-electron chi connectivity index (χ0n) is 10.9. The highest BCUT2D eigenvalue weighted by Crippen LogP contribution is 2.29. The Balaban J connectivity index is 2.11. The van der Waals surface area contributed by atoms with Gasteiger partial charge in [0.05, 0.1) is 19.0 Å². The molecule has 1 aromatic rings. The Morgan fingerprint density at radius 3 is 2.83 bits per heavy atom. The summed E-state index contributed by atoms with van der Waals surface area (Å²) in [6, 6.07) is 6.18. The van der Waals surface area contributed by atoms with Gasteiger partial charge in [0, 0.05) is 32.6 Å². The molecular weight excluding hydrogens is 231 g/mol. The SMILES string of the molecule is Cc1ccc(OCCCF)c(N2CCNCC2)c1. The Bertz CT molecular complexity index is 378. The minimum atomic E-state index is -0.325. The van der Waals surface area contributed by atoms with E-state index in [0.717, 1.165) is 37.6 Å². The second-order valence-corrected chi connectivity index (χ2v) is 4.60. The molecule has 2 rings (SSSR count). The summed E-state index contributed by atoms with van der Waals surface area (Å²) in [5, 5.41) is 3.34. The van der Waals surface area contributed by atoms with Crippen molar-refractivity contribution >= 4 is 5.69 Å². The van der Waals surface area contributed by atoms with Crippen LogP contribution < -0.4 is 15.0 Å². The van der Waals surface area contributed by atoms with Crippen LogP contribution in [0.25, 0.3) is 0 Å². The Labute approximate surface area is 108 Å². The van der Waals surface area contributed by atoms with Crippen LogP contribution in [0.15, 0.2) is 18.2 Å². The van der Waals surface area contributed by atoms with Crippen molar-refractivity contribution in [2.45, 2.75) is 13.3 Å². The molecule has 0 spiro atoms. The third kappa shape index (κ3) is 3.35. The van der Waals surface area contributed by atoms with Crippen molar-refractivity contribution < 1.29 is 9.13 Å². The molecule has 0 aliphatic carbocycles. The lowest BCUT2D eigenvalue weighted by Gasteiger charge is -2.31. The molecule has 4 heteroatoms. The van der Waals surface area contributed by atoms with E-state index in [9.17, 15) is 4.39 Å². The summed E-state index contributed by atoms with van der Waals surface area (Å²) >= 11 is 0. The number of nitrogens with zero attached hydrogens (tertiary/aromatic N) is 1. The largest absolute Gasteiger partial charge is 0.491 e. The maximum absolute atomic E-state index is 12.1. The van der Waals surface area contributed by atoms with Gasteiger partial charge in [0.2, 0.25) is 0 Å². The highest BCUT2D eigenvalue weighted by atomic mass is 19.1. The summed E-state index contributed by atoms with van der Waals surface area (Å²) in [5.41, 5.74) is 2.36. The lowest BCUT2D eigenvalue weighted by molar-refractivity contribution is 0.289. The Morgan fingerprint density at radius 2 is 2.11 bits per heavy atom. The summed E-state index contributed by atoms with van der Waals surface area (Å²) in [6.45, 7) is 6.17. The fraction of sp³-hybridized carbons (Fsp3) is 0.571. The molecular formula is C14H21FN2O. The first-order valence-electron chi connectivity index (χ1n) is 6.56. The number of alkyl halides is 1. The Hall–Kier alpha value is -1.29. The predicted molar refractivity (Wildman–Crippen MR) is 72.3 cm³/mol. The number of benzene rings is 1. The summed E-state index contributed by atoms with van der Waals surface area (Å²) in [7, 11) is 0. The van der Waals surface area contributed by atoms with Gasteiger partial charge >= 0.3 is 0 Å². The van der Waals surface area contributed by atoms with Gasteiger partial charge in [-0.05, 0) is 24.6 Å². The fourth-order valence-corrected chi connectivity index (χ4v) is 2.14. The molecule has 0 radical (unpaired) electrons. The summed E-state index contributed by atoms with van der Waals surface area (Å²) in [4.78, 5) is 2.33. The number of ether oxygens (including phenoxy) is 1. The van der Waals surface area contributed by atoms with Crippen LogP contribution in [0.5, 0.6) is 5.75 Å². The average Bonchev–Trinajstić information content (AvgIpc) is 2.41. The van der Waals surface area contributed by atoms with E-state index in [2.05, 4.69) is 23.2 Å². The first-order chi connectivity index (χ1) is 8.81. The number of rotatable bonds is 5. The van der Waals surface area contributed by atoms with E-state index in [4.69, 9.17) is 4.74 Å². The van der Waals surface area contributed by atoms with Crippen LogP contribution in [-0.4, -0.2) is 39.5 Å². The van der Waals surface area contributed by atoms with Crippen molar-refractivity contribution in [1.82, 2.24) is 5.32 Å². The van der Waals surface area contributed by atoms with Gasteiger partial charge in [-0.1, -0.05) is 6.07 Å². The second-order valence-electron chi connectivity index (χ2n) is 4.60. The van der Waals surface area contributed by atoms with Gasteiger partial charge in [-0.3, -0.25) is 4.39 Å². The van der Waals surface area contributed by atoms with Gasteiger partial charge in [0.1, 0.15) is 5.75 Å². The molecule has 1 fully saturated rings. The lowest BCUT2D eigenvalue weighted by atomic mass is 10.1. The van der Waals surface area contributed by atoms with Crippen LogP contribution in [0.3, 0.4) is 0 Å². The van der Waals surface area contributed by atoms with E-state index < -0.39 is 0 Å². The van der Waals surface area contributed by atoms with Gasteiger partial charge in [0.25, 0.3) is 0 Å². The van der Waals surface area contributed by atoms with Crippen LogP contribution in [0.2, 0.25) is 0 Å². The number of aryl methyl sites for hydroxylation is 1. The zero-order chi connectivity index (χ0) is 12.8. The van der Waals surface area contributed by atoms with Crippen molar-refractivity contribution in [3.63, 3.8) is 0 Å². The van der Waals surface area contributed by atoms with Crippen LogP contribution in [-0.2, 0) is 0 Å². The molecule has 0 bridgehead atoms. The first kappa shape index (κ1) is 13.1. The number of anilines is 1. The monoisotopic (exact) mass is 252 g/mol. The fourth-order valence-electron chi connectivity index (χ4n) is 2.14. The smallest absolute Gasteiger partial charge is 0.142 e. The normalized spacial score (nSPS) is 15.8. The van der Waals surface area contributed by atoms with Crippen molar-refractivity contribution in [2.75, 3.05) is 44.4 Å². The van der Waals surface area contributed by atoms with E-state index in [-0.39, 0.29) is 6.67 Å². The van der Waals surface area contributed by atoms with Crippen molar-refractivity contribution in [3.8, 4) is 5.75 Å². The third-order valence-electron chi connectivity index (χ3n) is 3.11. The second kappa shape index (κ2) is 6.59. The number of halogens is 1. The molecule has 1 aliphatic rings. The maximum Gasteiger partial charge on any atom is 0.142 e. The number of hydrogen-bond acceptors (Lipinski definition) is 3. The molecule has 3 nitrogen and oxygen atoms in total. The molecule has 0 unspecified atom stereocenters. The molecule has 1 N–H and O–H groups in total. The molecule has 0 amide bonds. The molecule has 18 heavy (non-hydrogen) atoms. The average molecular weight is 252 g/mol. The lowest BCUT2D eigenvalue weighted by Crippen LogP contribution is -2.43. The van der Waals surface area contributed by atoms with Gasteiger partial charge < -0.3 is 15.0 Å². The summed E-state index contributed by atoms with van der Waals surface area (Å²) in [6.07, 6.45) is 0.453. The van der Waals surface area contributed by atoms with Crippen LogP contribution in [0, 0.1) is 6.92 Å². The molecule has 0 aromatic heterocycles. The standard InChI is InChI=1S/C14H21FN2O/c1-12-3-4-14(18-10-2-5-15)13(11-12)17-8-6-16-7-9-17/h3-4,11,16H,2,5-10H2,1H3. The van der Waals surface area contributed by atoms with Crippen LogP contribution in [0.1, 0.15) is 12.0 Å². The molecule has 1 aromatic carbocycles. The number of nitrogens with one attached hydrogen (secondary N) is 1. The quantitative estimate of drug-likeness (QED) is 0.813. The minimum Gasteiger partial charge on any atom is -0.491 e.